The van der Waals surface area contributed by atoms with Crippen molar-refractivity contribution in [3.63, 3.8) is 0 Å². The molecular weight excluding hydrogens is 317 g/mol. The summed E-state index contributed by atoms with van der Waals surface area (Å²) in [5.41, 5.74) is -1.81. The van der Waals surface area contributed by atoms with E-state index in [1.54, 1.807) is 0 Å². The second kappa shape index (κ2) is 6.39. The fraction of sp³-hybridized carbons (Fsp3) is 0.286. The summed E-state index contributed by atoms with van der Waals surface area (Å²) < 4.78 is 38.8. The molecule has 1 aromatic rings. The zero-order chi connectivity index (χ0) is 17.2. The molecule has 0 atom stereocenters. The molecule has 0 fully saturated rings. The van der Waals surface area contributed by atoms with E-state index < -0.39 is 42.3 Å². The molecule has 0 bridgehead atoms. The minimum absolute atomic E-state index is 0.124. The number of nitrogens with zero attached hydrogens (tertiary/aromatic N) is 1. The zero-order valence-electron chi connectivity index (χ0n) is 11.7. The average molecular weight is 330 g/mol. The van der Waals surface area contributed by atoms with Crippen LogP contribution in [0.15, 0.2) is 30.0 Å². The van der Waals surface area contributed by atoms with Gasteiger partial charge in [-0.25, -0.2) is 0 Å². The van der Waals surface area contributed by atoms with E-state index in [9.17, 15) is 27.9 Å². The molecule has 2 rings (SSSR count). The second-order valence-electron chi connectivity index (χ2n) is 4.69. The van der Waals surface area contributed by atoms with Crippen LogP contribution in [0.4, 0.5) is 18.9 Å². The van der Waals surface area contributed by atoms with Gasteiger partial charge in [-0.15, -0.1) is 0 Å². The van der Waals surface area contributed by atoms with Crippen LogP contribution in [0.1, 0.15) is 11.1 Å². The van der Waals surface area contributed by atoms with Gasteiger partial charge in [0, 0.05) is 17.3 Å². The number of carbonyl (C=O) groups excluding carboxylic acids is 2. The van der Waals surface area contributed by atoms with Gasteiger partial charge in [-0.2, -0.15) is 13.2 Å². The molecule has 124 valence electrons. The molecule has 0 saturated carbocycles. The monoisotopic (exact) mass is 330 g/mol. The van der Waals surface area contributed by atoms with E-state index in [0.29, 0.717) is 0 Å². The highest BCUT2D eigenvalue weighted by atomic mass is 19.4. The normalized spacial score (nSPS) is 15.2. The predicted octanol–water partition coefficient (Wildman–Crippen LogP) is 0.855. The standard InChI is InChI=1S/C14H13F3N2O4/c15-14(16,17)9-2-1-3-10(8(9)7-21)18-11-6-12(22)19(4-5-20)13(11)23/h1-3,6,18,20-21H,4-5,7H2. The van der Waals surface area contributed by atoms with Crippen LogP contribution in [-0.2, 0) is 22.4 Å². The van der Waals surface area contributed by atoms with Gasteiger partial charge in [0.25, 0.3) is 11.8 Å². The van der Waals surface area contributed by atoms with E-state index >= 15 is 0 Å². The lowest BCUT2D eigenvalue weighted by Crippen LogP contribution is -2.34. The lowest BCUT2D eigenvalue weighted by atomic mass is 10.1. The molecule has 0 aromatic heterocycles. The molecule has 1 aliphatic rings. The number of alkyl halides is 3. The first kappa shape index (κ1) is 17.0. The molecule has 0 radical (unpaired) electrons. The number of anilines is 1. The summed E-state index contributed by atoms with van der Waals surface area (Å²) in [6, 6.07) is 3.19. The first-order chi connectivity index (χ1) is 10.8. The average Bonchev–Trinajstić information content (AvgIpc) is 2.74. The Kier molecular flexibility index (Phi) is 4.71. The highest BCUT2D eigenvalue weighted by molar-refractivity contribution is 6.17. The summed E-state index contributed by atoms with van der Waals surface area (Å²) in [6.45, 7) is -1.54. The minimum atomic E-state index is -4.66. The van der Waals surface area contributed by atoms with Gasteiger partial charge in [0.2, 0.25) is 0 Å². The maximum atomic E-state index is 12.9. The quantitative estimate of drug-likeness (QED) is 0.697. The first-order valence-corrected chi connectivity index (χ1v) is 6.55. The van der Waals surface area contributed by atoms with Crippen molar-refractivity contribution in [2.24, 2.45) is 0 Å². The Labute approximate surface area is 128 Å². The summed E-state index contributed by atoms with van der Waals surface area (Å²) in [4.78, 5) is 24.3. The smallest absolute Gasteiger partial charge is 0.395 e. The van der Waals surface area contributed by atoms with Crippen molar-refractivity contribution in [2.75, 3.05) is 18.5 Å². The molecule has 9 heteroatoms. The Bertz CT molecular complexity index is 670. The van der Waals surface area contributed by atoms with Gasteiger partial charge in [-0.3, -0.25) is 14.5 Å². The molecule has 0 saturated heterocycles. The van der Waals surface area contributed by atoms with Crippen molar-refractivity contribution in [3.05, 3.63) is 41.1 Å². The van der Waals surface area contributed by atoms with Crippen LogP contribution in [-0.4, -0.2) is 40.1 Å². The van der Waals surface area contributed by atoms with E-state index in [1.807, 2.05) is 0 Å². The van der Waals surface area contributed by atoms with Crippen molar-refractivity contribution >= 4 is 17.5 Å². The molecule has 6 nitrogen and oxygen atoms in total. The number of rotatable bonds is 5. The van der Waals surface area contributed by atoms with Crippen molar-refractivity contribution in [3.8, 4) is 0 Å². The number of imide groups is 1. The van der Waals surface area contributed by atoms with Crippen molar-refractivity contribution in [2.45, 2.75) is 12.8 Å². The number of benzene rings is 1. The molecular formula is C14H13F3N2O4. The number of carbonyl (C=O) groups is 2. The fourth-order valence-electron chi connectivity index (χ4n) is 2.19. The molecule has 3 N–H and O–H groups in total. The van der Waals surface area contributed by atoms with Crippen molar-refractivity contribution in [1.82, 2.24) is 4.90 Å². The SMILES string of the molecule is O=C1C=C(Nc2cccc(C(F)(F)F)c2CO)C(=O)N1CCO. The maximum Gasteiger partial charge on any atom is 0.416 e. The van der Waals surface area contributed by atoms with Gasteiger partial charge in [-0.1, -0.05) is 6.07 Å². The summed E-state index contributed by atoms with van der Waals surface area (Å²) in [5.74, 6) is -1.44. The second-order valence-corrected chi connectivity index (χ2v) is 4.69. The van der Waals surface area contributed by atoms with Crippen LogP contribution in [0.25, 0.3) is 0 Å². The largest absolute Gasteiger partial charge is 0.416 e. The lowest BCUT2D eigenvalue weighted by Gasteiger charge is -2.17. The van der Waals surface area contributed by atoms with Crippen LogP contribution in [0.2, 0.25) is 0 Å². The number of amides is 2. The van der Waals surface area contributed by atoms with E-state index in [-0.39, 0.29) is 17.9 Å². The minimum Gasteiger partial charge on any atom is -0.395 e. The molecule has 23 heavy (non-hydrogen) atoms. The third-order valence-electron chi connectivity index (χ3n) is 3.24. The molecule has 2 amide bonds. The number of β-amino-alcohol motifs (C(OH)–C–C–N with tert-alkyl or cyclic N) is 1. The highest BCUT2D eigenvalue weighted by Crippen LogP contribution is 2.35. The Morgan fingerprint density at radius 2 is 1.87 bits per heavy atom. The van der Waals surface area contributed by atoms with Crippen LogP contribution < -0.4 is 5.32 Å². The number of nitrogens with one attached hydrogen (secondary N) is 1. The van der Waals surface area contributed by atoms with Gasteiger partial charge in [0.05, 0.1) is 25.3 Å². The van der Waals surface area contributed by atoms with Crippen LogP contribution >= 0.6 is 0 Å². The van der Waals surface area contributed by atoms with E-state index in [1.165, 1.54) is 6.07 Å². The first-order valence-electron chi connectivity index (χ1n) is 6.55. The molecule has 0 unspecified atom stereocenters. The molecule has 0 aliphatic carbocycles. The van der Waals surface area contributed by atoms with Crippen molar-refractivity contribution < 1.29 is 33.0 Å². The van der Waals surface area contributed by atoms with Gasteiger partial charge < -0.3 is 15.5 Å². The van der Waals surface area contributed by atoms with Gasteiger partial charge in [0.15, 0.2) is 0 Å². The topological polar surface area (TPSA) is 89.9 Å². The zero-order valence-corrected chi connectivity index (χ0v) is 11.7. The predicted molar refractivity (Wildman–Crippen MR) is 72.9 cm³/mol. The summed E-state index contributed by atoms with van der Waals surface area (Å²) in [6.07, 6.45) is -3.73. The summed E-state index contributed by atoms with van der Waals surface area (Å²) in [5, 5.41) is 20.5. The third-order valence-corrected chi connectivity index (χ3v) is 3.24. The van der Waals surface area contributed by atoms with Gasteiger partial charge in [0.1, 0.15) is 5.70 Å². The van der Waals surface area contributed by atoms with E-state index in [4.69, 9.17) is 5.11 Å². The summed E-state index contributed by atoms with van der Waals surface area (Å²) >= 11 is 0. The summed E-state index contributed by atoms with van der Waals surface area (Å²) in [7, 11) is 0. The molecule has 1 heterocycles. The Balaban J connectivity index is 2.33. The Morgan fingerprint density at radius 1 is 1.17 bits per heavy atom. The third kappa shape index (κ3) is 3.35. The van der Waals surface area contributed by atoms with E-state index in [0.717, 1.165) is 23.1 Å². The molecule has 1 aliphatic heterocycles. The number of aliphatic hydroxyl groups excluding tert-OH is 2. The Morgan fingerprint density at radius 3 is 2.43 bits per heavy atom. The number of hydrogen-bond donors (Lipinski definition) is 3. The van der Waals surface area contributed by atoms with Gasteiger partial charge in [-0.05, 0) is 12.1 Å². The Hall–Kier alpha value is -2.39. The molecule has 1 aromatic carbocycles. The van der Waals surface area contributed by atoms with Crippen LogP contribution in [0, 0.1) is 0 Å². The number of aliphatic hydroxyl groups is 2. The number of hydrogen-bond acceptors (Lipinski definition) is 5. The van der Waals surface area contributed by atoms with Crippen LogP contribution in [0.5, 0.6) is 0 Å². The van der Waals surface area contributed by atoms with Crippen LogP contribution in [0.3, 0.4) is 0 Å². The number of halogens is 3. The van der Waals surface area contributed by atoms with Crippen molar-refractivity contribution in [1.29, 1.82) is 0 Å². The fourth-order valence-corrected chi connectivity index (χ4v) is 2.19. The maximum absolute atomic E-state index is 12.9. The molecule has 0 spiro atoms. The van der Waals surface area contributed by atoms with E-state index in [2.05, 4.69) is 5.32 Å². The highest BCUT2D eigenvalue weighted by Gasteiger charge is 2.35. The van der Waals surface area contributed by atoms with Gasteiger partial charge >= 0.3 is 6.18 Å². The lowest BCUT2D eigenvalue weighted by molar-refractivity contribution is -0.139.